The molecule has 140 valence electrons. The van der Waals surface area contributed by atoms with Gasteiger partial charge in [-0.25, -0.2) is 0 Å². The summed E-state index contributed by atoms with van der Waals surface area (Å²) in [6, 6.07) is 8.91. The van der Waals surface area contributed by atoms with Crippen molar-refractivity contribution in [3.8, 4) is 5.69 Å². The number of thioether (sulfide) groups is 1. The fraction of sp³-hybridized carbons (Fsp3) is 0.381. The van der Waals surface area contributed by atoms with E-state index < -0.39 is 0 Å². The Hall–Kier alpha value is -2.34. The number of Topliss-reactive ketones (excluding diaryl/α,β-unsaturated/α-hetero) is 1. The van der Waals surface area contributed by atoms with Gasteiger partial charge in [0.1, 0.15) is 6.33 Å². The summed E-state index contributed by atoms with van der Waals surface area (Å²) in [4.78, 5) is 12.8. The Morgan fingerprint density at radius 1 is 1.19 bits per heavy atom. The summed E-state index contributed by atoms with van der Waals surface area (Å²) in [5, 5.41) is 9.02. The van der Waals surface area contributed by atoms with E-state index in [1.54, 1.807) is 6.33 Å². The molecule has 0 aliphatic heterocycles. The molecule has 0 N–H and O–H groups in total. The van der Waals surface area contributed by atoms with E-state index in [2.05, 4.69) is 60.7 Å². The lowest BCUT2D eigenvalue weighted by Crippen LogP contribution is -2.07. The summed E-state index contributed by atoms with van der Waals surface area (Å²) in [6.45, 7) is 8.30. The molecule has 1 fully saturated rings. The topological polar surface area (TPSA) is 52.7 Å². The third-order valence-corrected chi connectivity index (χ3v) is 6.10. The number of carbonyl (C=O) groups excluding carboxylic acids is 1. The fourth-order valence-electron chi connectivity index (χ4n) is 3.73. The Labute approximate surface area is 163 Å². The highest BCUT2D eigenvalue weighted by molar-refractivity contribution is 7.99. The summed E-state index contributed by atoms with van der Waals surface area (Å²) in [6.07, 6.45) is 4.15. The minimum atomic E-state index is 0.148. The molecule has 27 heavy (non-hydrogen) atoms. The van der Waals surface area contributed by atoms with E-state index in [0.29, 0.717) is 11.8 Å². The molecule has 0 atom stereocenters. The zero-order valence-corrected chi connectivity index (χ0v) is 17.0. The summed E-state index contributed by atoms with van der Waals surface area (Å²) < 4.78 is 4.27. The maximum absolute atomic E-state index is 12.8. The van der Waals surface area contributed by atoms with Crippen LogP contribution in [0.2, 0.25) is 0 Å². The number of hydrogen-bond donors (Lipinski definition) is 0. The predicted octanol–water partition coefficient (Wildman–Crippen LogP) is 4.61. The monoisotopic (exact) mass is 380 g/mol. The predicted molar refractivity (Wildman–Crippen MR) is 108 cm³/mol. The van der Waals surface area contributed by atoms with Gasteiger partial charge in [-0.3, -0.25) is 9.36 Å². The van der Waals surface area contributed by atoms with Crippen molar-refractivity contribution >= 4 is 17.5 Å². The summed E-state index contributed by atoms with van der Waals surface area (Å²) >= 11 is 1.44. The molecule has 2 heterocycles. The maximum atomic E-state index is 12.8. The Morgan fingerprint density at radius 2 is 1.96 bits per heavy atom. The van der Waals surface area contributed by atoms with Crippen molar-refractivity contribution in [2.45, 2.75) is 51.7 Å². The van der Waals surface area contributed by atoms with Gasteiger partial charge in [0.15, 0.2) is 10.9 Å². The molecular formula is C21H24N4OS. The first-order chi connectivity index (χ1) is 13.0. The van der Waals surface area contributed by atoms with Crippen LogP contribution >= 0.6 is 11.8 Å². The largest absolute Gasteiger partial charge is 0.345 e. The lowest BCUT2D eigenvalue weighted by molar-refractivity contribution is 0.102. The van der Waals surface area contributed by atoms with Crippen LogP contribution in [0.3, 0.4) is 0 Å². The number of rotatable bonds is 6. The van der Waals surface area contributed by atoms with E-state index in [9.17, 15) is 4.79 Å². The molecule has 6 heteroatoms. The van der Waals surface area contributed by atoms with Gasteiger partial charge in [-0.15, -0.1) is 10.2 Å². The Bertz CT molecular complexity index is 1010. The molecule has 4 rings (SSSR count). The summed E-state index contributed by atoms with van der Waals surface area (Å²) in [5.74, 6) is 0.508. The number of aryl methyl sites for hydroxylation is 3. The Kier molecular flexibility index (Phi) is 4.68. The van der Waals surface area contributed by atoms with Crippen LogP contribution < -0.4 is 0 Å². The molecule has 3 aromatic rings. The number of aromatic nitrogens is 4. The van der Waals surface area contributed by atoms with Gasteiger partial charge < -0.3 is 4.57 Å². The first kappa shape index (κ1) is 18.0. The van der Waals surface area contributed by atoms with Gasteiger partial charge in [-0.2, -0.15) is 0 Å². The van der Waals surface area contributed by atoms with Crippen molar-refractivity contribution in [1.82, 2.24) is 19.3 Å². The molecule has 0 radical (unpaired) electrons. The lowest BCUT2D eigenvalue weighted by atomic mass is 10.1. The van der Waals surface area contributed by atoms with Crippen molar-refractivity contribution in [2.24, 2.45) is 0 Å². The highest BCUT2D eigenvalue weighted by Crippen LogP contribution is 2.38. The lowest BCUT2D eigenvalue weighted by Gasteiger charge is -2.10. The van der Waals surface area contributed by atoms with Crippen molar-refractivity contribution < 1.29 is 4.79 Å². The van der Waals surface area contributed by atoms with E-state index in [1.807, 2.05) is 10.6 Å². The normalized spacial score (nSPS) is 13.9. The van der Waals surface area contributed by atoms with Crippen molar-refractivity contribution in [3.05, 3.63) is 58.7 Å². The molecule has 1 saturated carbocycles. The van der Waals surface area contributed by atoms with Crippen LogP contribution in [0, 0.1) is 27.7 Å². The van der Waals surface area contributed by atoms with Gasteiger partial charge >= 0.3 is 0 Å². The first-order valence-electron chi connectivity index (χ1n) is 9.27. The number of benzene rings is 1. The molecular weight excluding hydrogens is 356 g/mol. The fourth-order valence-corrected chi connectivity index (χ4v) is 4.53. The summed E-state index contributed by atoms with van der Waals surface area (Å²) in [7, 11) is 0. The SMILES string of the molecule is Cc1ccc(-n2cnnc2SCC(=O)c2cc(C)n(C3CC3)c2C)c(C)c1. The minimum absolute atomic E-state index is 0.148. The quantitative estimate of drug-likeness (QED) is 0.463. The van der Waals surface area contributed by atoms with E-state index in [4.69, 9.17) is 0 Å². The molecule has 5 nitrogen and oxygen atoms in total. The number of carbonyl (C=O) groups is 1. The van der Waals surface area contributed by atoms with Crippen LogP contribution in [0.4, 0.5) is 0 Å². The van der Waals surface area contributed by atoms with Crippen LogP contribution in [-0.4, -0.2) is 30.9 Å². The second-order valence-corrected chi connectivity index (χ2v) is 8.31. The van der Waals surface area contributed by atoms with E-state index in [0.717, 1.165) is 27.7 Å². The zero-order chi connectivity index (χ0) is 19.1. The Morgan fingerprint density at radius 3 is 2.67 bits per heavy atom. The average Bonchev–Trinajstić information content (AvgIpc) is 3.26. The second kappa shape index (κ2) is 7.00. The van der Waals surface area contributed by atoms with Crippen LogP contribution in [0.15, 0.2) is 35.7 Å². The maximum Gasteiger partial charge on any atom is 0.196 e. The minimum Gasteiger partial charge on any atom is -0.345 e. The highest BCUT2D eigenvalue weighted by atomic mass is 32.2. The van der Waals surface area contributed by atoms with Crippen molar-refractivity contribution in [1.29, 1.82) is 0 Å². The standard InChI is InChI=1S/C21H24N4OS/c1-13-5-8-19(14(2)9-13)24-12-22-23-21(24)27-11-20(26)18-10-15(3)25(16(18)4)17-6-7-17/h5,8-10,12,17H,6-7,11H2,1-4H3. The van der Waals surface area contributed by atoms with Crippen LogP contribution in [0.1, 0.15) is 51.8 Å². The van der Waals surface area contributed by atoms with Gasteiger partial charge in [0.25, 0.3) is 0 Å². The van der Waals surface area contributed by atoms with Crippen LogP contribution in [-0.2, 0) is 0 Å². The smallest absolute Gasteiger partial charge is 0.196 e. The zero-order valence-electron chi connectivity index (χ0n) is 16.2. The summed E-state index contributed by atoms with van der Waals surface area (Å²) in [5.41, 5.74) is 6.55. The van der Waals surface area contributed by atoms with Gasteiger partial charge in [0.05, 0.1) is 11.4 Å². The molecule has 1 aliphatic carbocycles. The molecule has 0 spiro atoms. The third-order valence-electron chi connectivity index (χ3n) is 5.16. The second-order valence-electron chi connectivity index (χ2n) is 7.37. The molecule has 2 aromatic heterocycles. The molecule has 0 saturated heterocycles. The van der Waals surface area contributed by atoms with E-state index >= 15 is 0 Å². The van der Waals surface area contributed by atoms with Gasteiger partial charge in [0, 0.05) is 23.0 Å². The Balaban J connectivity index is 1.52. The van der Waals surface area contributed by atoms with Gasteiger partial charge in [-0.05, 0) is 58.2 Å². The third kappa shape index (κ3) is 3.46. The number of ketones is 1. The van der Waals surface area contributed by atoms with E-state index in [-0.39, 0.29) is 5.78 Å². The highest BCUT2D eigenvalue weighted by Gasteiger charge is 2.28. The van der Waals surface area contributed by atoms with Crippen molar-refractivity contribution in [2.75, 3.05) is 5.75 Å². The van der Waals surface area contributed by atoms with Gasteiger partial charge in [0.2, 0.25) is 0 Å². The van der Waals surface area contributed by atoms with Crippen molar-refractivity contribution in [3.63, 3.8) is 0 Å². The van der Waals surface area contributed by atoms with Gasteiger partial charge in [-0.1, -0.05) is 29.5 Å². The molecule has 0 amide bonds. The number of hydrogen-bond acceptors (Lipinski definition) is 4. The molecule has 1 aliphatic rings. The van der Waals surface area contributed by atoms with Crippen LogP contribution in [0.5, 0.6) is 0 Å². The first-order valence-corrected chi connectivity index (χ1v) is 10.3. The molecule has 1 aromatic carbocycles. The molecule has 0 bridgehead atoms. The average molecular weight is 381 g/mol. The van der Waals surface area contributed by atoms with Crippen LogP contribution in [0.25, 0.3) is 5.69 Å². The molecule has 0 unspecified atom stereocenters. The number of nitrogens with zero attached hydrogens (tertiary/aromatic N) is 4. The van der Waals surface area contributed by atoms with E-state index in [1.165, 1.54) is 35.9 Å².